The largest absolute Gasteiger partial charge is 0.507 e. The summed E-state index contributed by atoms with van der Waals surface area (Å²) < 4.78 is 0. The number of rotatable bonds is 5. The Morgan fingerprint density at radius 1 is 1.23 bits per heavy atom. The standard InChI is InChI=1S/C18H20N2O2/c1-13(15-8-4-3-5-9-15)11-12-19-20-18(22)16-10-6-7-14(2)17(16)21/h3-10,12-13,21H,11H2,1-2H3,(H,20,22)/b19-12-/t13-/m0/s1. The van der Waals surface area contributed by atoms with Crippen LogP contribution in [-0.4, -0.2) is 17.2 Å². The van der Waals surface area contributed by atoms with Gasteiger partial charge in [0.15, 0.2) is 0 Å². The molecule has 0 spiro atoms. The van der Waals surface area contributed by atoms with Gasteiger partial charge in [0.25, 0.3) is 5.91 Å². The number of para-hydroxylation sites is 1. The zero-order valence-corrected chi connectivity index (χ0v) is 12.8. The van der Waals surface area contributed by atoms with Gasteiger partial charge in [-0.15, -0.1) is 0 Å². The minimum absolute atomic E-state index is 0.00662. The second-order valence-corrected chi connectivity index (χ2v) is 5.27. The summed E-state index contributed by atoms with van der Waals surface area (Å²) in [5.74, 6) is -0.0908. The van der Waals surface area contributed by atoms with Crippen molar-refractivity contribution in [1.82, 2.24) is 5.43 Å². The molecule has 0 bridgehead atoms. The van der Waals surface area contributed by atoms with Gasteiger partial charge in [0.1, 0.15) is 5.75 Å². The van der Waals surface area contributed by atoms with Crippen molar-refractivity contribution in [3.05, 3.63) is 65.2 Å². The van der Waals surface area contributed by atoms with E-state index < -0.39 is 5.91 Å². The molecule has 0 aliphatic carbocycles. The first kappa shape index (κ1) is 15.8. The van der Waals surface area contributed by atoms with Crippen molar-refractivity contribution in [1.29, 1.82) is 0 Å². The summed E-state index contributed by atoms with van der Waals surface area (Å²) in [5.41, 5.74) is 4.57. The molecule has 0 saturated heterocycles. The first-order chi connectivity index (χ1) is 10.6. The predicted molar refractivity (Wildman–Crippen MR) is 88.3 cm³/mol. The Labute approximate surface area is 130 Å². The fourth-order valence-electron chi connectivity index (χ4n) is 2.14. The molecule has 0 unspecified atom stereocenters. The Morgan fingerprint density at radius 3 is 2.68 bits per heavy atom. The van der Waals surface area contributed by atoms with Crippen LogP contribution in [0.2, 0.25) is 0 Å². The maximum absolute atomic E-state index is 11.9. The number of amides is 1. The number of hydrogen-bond donors (Lipinski definition) is 2. The molecule has 2 aromatic rings. The topological polar surface area (TPSA) is 61.7 Å². The van der Waals surface area contributed by atoms with Crippen LogP contribution in [0.5, 0.6) is 5.75 Å². The summed E-state index contributed by atoms with van der Waals surface area (Å²) in [6.45, 7) is 3.85. The van der Waals surface area contributed by atoms with Gasteiger partial charge in [0.2, 0.25) is 0 Å². The fraction of sp³-hybridized carbons (Fsp3) is 0.222. The first-order valence-electron chi connectivity index (χ1n) is 7.25. The van der Waals surface area contributed by atoms with E-state index in [0.29, 0.717) is 11.5 Å². The Bertz CT molecular complexity index is 666. The molecule has 1 amide bonds. The number of hydrogen-bond acceptors (Lipinski definition) is 3. The van der Waals surface area contributed by atoms with E-state index in [0.717, 1.165) is 6.42 Å². The molecular formula is C18H20N2O2. The van der Waals surface area contributed by atoms with E-state index >= 15 is 0 Å². The van der Waals surface area contributed by atoms with Gasteiger partial charge in [-0.3, -0.25) is 4.79 Å². The SMILES string of the molecule is Cc1cccc(C(=O)N/N=C\C[C@H](C)c2ccccc2)c1O. The normalized spacial score (nSPS) is 12.3. The highest BCUT2D eigenvalue weighted by Crippen LogP contribution is 2.21. The Kier molecular flexibility index (Phi) is 5.31. The molecule has 4 nitrogen and oxygen atoms in total. The molecule has 22 heavy (non-hydrogen) atoms. The number of carbonyl (C=O) groups is 1. The highest BCUT2D eigenvalue weighted by molar-refractivity contribution is 5.97. The summed E-state index contributed by atoms with van der Waals surface area (Å²) in [4.78, 5) is 11.9. The number of phenolic OH excluding ortho intramolecular Hbond substituents is 1. The van der Waals surface area contributed by atoms with E-state index in [1.54, 1.807) is 31.3 Å². The molecule has 2 N–H and O–H groups in total. The van der Waals surface area contributed by atoms with Gasteiger partial charge >= 0.3 is 0 Å². The van der Waals surface area contributed by atoms with E-state index in [-0.39, 0.29) is 11.3 Å². The molecule has 0 saturated carbocycles. The smallest absolute Gasteiger partial charge is 0.275 e. The zero-order valence-electron chi connectivity index (χ0n) is 12.8. The van der Waals surface area contributed by atoms with Gasteiger partial charge in [-0.05, 0) is 36.5 Å². The third-order valence-electron chi connectivity index (χ3n) is 3.57. The predicted octanol–water partition coefficient (Wildman–Crippen LogP) is 3.61. The summed E-state index contributed by atoms with van der Waals surface area (Å²) in [7, 11) is 0. The Hall–Kier alpha value is -2.62. The number of aromatic hydroxyl groups is 1. The van der Waals surface area contributed by atoms with Gasteiger partial charge in [-0.25, -0.2) is 5.43 Å². The van der Waals surface area contributed by atoms with Crippen molar-refractivity contribution in [3.8, 4) is 5.75 Å². The van der Waals surface area contributed by atoms with Crippen molar-refractivity contribution in [2.75, 3.05) is 0 Å². The number of benzene rings is 2. The molecule has 0 radical (unpaired) electrons. The molecule has 0 aromatic heterocycles. The first-order valence-corrected chi connectivity index (χ1v) is 7.25. The maximum Gasteiger partial charge on any atom is 0.275 e. The molecule has 0 heterocycles. The number of aryl methyl sites for hydroxylation is 1. The quantitative estimate of drug-likeness (QED) is 0.654. The number of hydrazone groups is 1. The minimum atomic E-state index is -0.412. The van der Waals surface area contributed by atoms with E-state index in [9.17, 15) is 9.90 Å². The highest BCUT2D eigenvalue weighted by Gasteiger charge is 2.11. The van der Waals surface area contributed by atoms with E-state index in [1.807, 2.05) is 18.2 Å². The van der Waals surface area contributed by atoms with Crippen LogP contribution in [-0.2, 0) is 0 Å². The second-order valence-electron chi connectivity index (χ2n) is 5.27. The van der Waals surface area contributed by atoms with Crippen molar-refractivity contribution in [2.24, 2.45) is 5.10 Å². The average molecular weight is 296 g/mol. The number of nitrogens with one attached hydrogen (secondary N) is 1. The molecule has 1 atom stereocenters. The van der Waals surface area contributed by atoms with Crippen molar-refractivity contribution >= 4 is 12.1 Å². The van der Waals surface area contributed by atoms with Crippen LogP contribution in [0.1, 0.15) is 40.7 Å². The molecule has 0 fully saturated rings. The molecule has 2 aromatic carbocycles. The molecule has 4 heteroatoms. The van der Waals surface area contributed by atoms with E-state index in [1.165, 1.54) is 5.56 Å². The number of carbonyl (C=O) groups excluding carboxylic acids is 1. The van der Waals surface area contributed by atoms with Gasteiger partial charge in [0.05, 0.1) is 5.56 Å². The average Bonchev–Trinajstić information content (AvgIpc) is 2.54. The highest BCUT2D eigenvalue weighted by atomic mass is 16.3. The number of phenols is 1. The lowest BCUT2D eigenvalue weighted by molar-refractivity contribution is 0.0952. The van der Waals surface area contributed by atoms with Gasteiger partial charge in [0, 0.05) is 6.21 Å². The van der Waals surface area contributed by atoms with E-state index in [2.05, 4.69) is 29.6 Å². The lowest BCUT2D eigenvalue weighted by Crippen LogP contribution is -2.18. The molecule has 0 aliphatic rings. The summed E-state index contributed by atoms with van der Waals surface area (Å²) in [6.07, 6.45) is 2.41. The Morgan fingerprint density at radius 2 is 1.95 bits per heavy atom. The molecule has 114 valence electrons. The summed E-state index contributed by atoms with van der Waals surface area (Å²) in [5, 5.41) is 13.8. The van der Waals surface area contributed by atoms with Crippen LogP contribution in [0, 0.1) is 6.92 Å². The monoisotopic (exact) mass is 296 g/mol. The lowest BCUT2D eigenvalue weighted by Gasteiger charge is -2.08. The van der Waals surface area contributed by atoms with Crippen LogP contribution in [0.15, 0.2) is 53.6 Å². The van der Waals surface area contributed by atoms with Crippen molar-refractivity contribution in [3.63, 3.8) is 0 Å². The third-order valence-corrected chi connectivity index (χ3v) is 3.57. The van der Waals surface area contributed by atoms with Crippen LogP contribution in [0.3, 0.4) is 0 Å². The van der Waals surface area contributed by atoms with Crippen LogP contribution in [0.25, 0.3) is 0 Å². The van der Waals surface area contributed by atoms with Gasteiger partial charge in [-0.1, -0.05) is 49.4 Å². The summed E-state index contributed by atoms with van der Waals surface area (Å²) >= 11 is 0. The van der Waals surface area contributed by atoms with Gasteiger partial charge < -0.3 is 5.11 Å². The maximum atomic E-state index is 11.9. The Balaban J connectivity index is 1.90. The molecule has 2 rings (SSSR count). The van der Waals surface area contributed by atoms with Gasteiger partial charge in [-0.2, -0.15) is 5.10 Å². The fourth-order valence-corrected chi connectivity index (χ4v) is 2.14. The number of nitrogens with zero attached hydrogens (tertiary/aromatic N) is 1. The van der Waals surface area contributed by atoms with Crippen molar-refractivity contribution in [2.45, 2.75) is 26.2 Å². The van der Waals surface area contributed by atoms with Crippen LogP contribution >= 0.6 is 0 Å². The van der Waals surface area contributed by atoms with Crippen molar-refractivity contribution < 1.29 is 9.90 Å². The third kappa shape index (κ3) is 3.95. The lowest BCUT2D eigenvalue weighted by atomic mass is 9.99. The van der Waals surface area contributed by atoms with E-state index in [4.69, 9.17) is 0 Å². The molecular weight excluding hydrogens is 276 g/mol. The minimum Gasteiger partial charge on any atom is -0.507 e. The van der Waals surface area contributed by atoms with Crippen LogP contribution in [0.4, 0.5) is 0 Å². The second kappa shape index (κ2) is 7.41. The molecule has 0 aliphatic heterocycles. The van der Waals surface area contributed by atoms with Crippen LogP contribution < -0.4 is 5.43 Å². The summed E-state index contributed by atoms with van der Waals surface area (Å²) in [6, 6.07) is 15.2. The zero-order chi connectivity index (χ0) is 15.9.